The number of hydrogen-bond donors (Lipinski definition) is 0. The molecule has 0 aliphatic heterocycles. The molecular formula is C12H24. The molecule has 1 rings (SSSR count). The lowest BCUT2D eigenvalue weighted by molar-refractivity contribution is 0.370. The zero-order valence-corrected chi connectivity index (χ0v) is 8.97. The van der Waals surface area contributed by atoms with Crippen LogP contribution in [0.25, 0.3) is 0 Å². The molecule has 0 amide bonds. The lowest BCUT2D eigenvalue weighted by Gasteiger charge is -2.14. The van der Waals surface area contributed by atoms with Gasteiger partial charge in [-0.05, 0) is 30.6 Å². The van der Waals surface area contributed by atoms with E-state index in [2.05, 4.69) is 20.8 Å². The van der Waals surface area contributed by atoms with E-state index in [1.165, 1.54) is 38.5 Å². The van der Waals surface area contributed by atoms with Crippen molar-refractivity contribution >= 4 is 0 Å². The maximum absolute atomic E-state index is 2.38. The second kappa shape index (κ2) is 4.89. The fourth-order valence-electron chi connectivity index (χ4n) is 2.47. The molecule has 2 unspecified atom stereocenters. The van der Waals surface area contributed by atoms with Crippen LogP contribution in [-0.4, -0.2) is 0 Å². The molecule has 72 valence electrons. The minimum atomic E-state index is 0.927. The molecule has 0 spiro atoms. The Kier molecular flexibility index (Phi) is 4.11. The topological polar surface area (TPSA) is 0 Å². The van der Waals surface area contributed by atoms with Crippen LogP contribution in [0, 0.1) is 17.8 Å². The standard InChI is InChI=1S/C12H24/c1-4-5-6-11-7-8-12(9-11)10(2)3/h10-12H,4-9H2,1-3H3. The van der Waals surface area contributed by atoms with Gasteiger partial charge in [0, 0.05) is 0 Å². The van der Waals surface area contributed by atoms with E-state index in [0.29, 0.717) is 0 Å². The van der Waals surface area contributed by atoms with E-state index in [-0.39, 0.29) is 0 Å². The molecule has 0 N–H and O–H groups in total. The summed E-state index contributed by atoms with van der Waals surface area (Å²) in [5.74, 6) is 3.06. The monoisotopic (exact) mass is 168 g/mol. The highest BCUT2D eigenvalue weighted by Crippen LogP contribution is 2.37. The van der Waals surface area contributed by atoms with Crippen molar-refractivity contribution in [2.45, 2.75) is 59.3 Å². The summed E-state index contributed by atoms with van der Waals surface area (Å²) in [5, 5.41) is 0. The molecule has 12 heavy (non-hydrogen) atoms. The summed E-state index contributed by atoms with van der Waals surface area (Å²) >= 11 is 0. The predicted molar refractivity (Wildman–Crippen MR) is 55.2 cm³/mol. The highest BCUT2D eigenvalue weighted by atomic mass is 14.3. The Hall–Kier alpha value is 0. The van der Waals surface area contributed by atoms with Crippen LogP contribution in [0.1, 0.15) is 59.3 Å². The van der Waals surface area contributed by atoms with Crippen molar-refractivity contribution in [3.63, 3.8) is 0 Å². The van der Waals surface area contributed by atoms with Crippen LogP contribution in [0.2, 0.25) is 0 Å². The minimum Gasteiger partial charge on any atom is -0.0654 e. The molecule has 2 atom stereocenters. The first-order valence-corrected chi connectivity index (χ1v) is 5.74. The zero-order chi connectivity index (χ0) is 8.97. The van der Waals surface area contributed by atoms with Gasteiger partial charge in [-0.1, -0.05) is 46.5 Å². The predicted octanol–water partition coefficient (Wildman–Crippen LogP) is 4.25. The fraction of sp³-hybridized carbons (Fsp3) is 1.00. The minimum absolute atomic E-state index is 0.927. The van der Waals surface area contributed by atoms with Gasteiger partial charge in [0.25, 0.3) is 0 Å². The normalized spacial score (nSPS) is 30.0. The van der Waals surface area contributed by atoms with Crippen LogP contribution < -0.4 is 0 Å². The molecule has 1 saturated carbocycles. The summed E-state index contributed by atoms with van der Waals surface area (Å²) in [6.07, 6.45) is 8.88. The maximum Gasteiger partial charge on any atom is -0.0388 e. The van der Waals surface area contributed by atoms with Crippen molar-refractivity contribution in [3.05, 3.63) is 0 Å². The van der Waals surface area contributed by atoms with Gasteiger partial charge in [0.05, 0.1) is 0 Å². The summed E-state index contributed by atoms with van der Waals surface area (Å²) in [5.41, 5.74) is 0. The lowest BCUT2D eigenvalue weighted by atomic mass is 9.92. The van der Waals surface area contributed by atoms with Crippen molar-refractivity contribution in [2.24, 2.45) is 17.8 Å². The molecule has 1 fully saturated rings. The van der Waals surface area contributed by atoms with Gasteiger partial charge in [-0.25, -0.2) is 0 Å². The Labute approximate surface area is 77.7 Å². The van der Waals surface area contributed by atoms with Crippen LogP contribution in [0.5, 0.6) is 0 Å². The number of rotatable bonds is 4. The Morgan fingerprint density at radius 2 is 2.00 bits per heavy atom. The van der Waals surface area contributed by atoms with Crippen LogP contribution in [-0.2, 0) is 0 Å². The van der Waals surface area contributed by atoms with E-state index in [4.69, 9.17) is 0 Å². The van der Waals surface area contributed by atoms with Crippen molar-refractivity contribution in [1.29, 1.82) is 0 Å². The van der Waals surface area contributed by atoms with E-state index < -0.39 is 0 Å². The summed E-state index contributed by atoms with van der Waals surface area (Å²) in [6.45, 7) is 7.06. The summed E-state index contributed by atoms with van der Waals surface area (Å²) in [4.78, 5) is 0. The average Bonchev–Trinajstić information content (AvgIpc) is 2.48. The lowest BCUT2D eigenvalue weighted by Crippen LogP contribution is -2.04. The number of unbranched alkanes of at least 4 members (excludes halogenated alkanes) is 1. The molecule has 1 aliphatic carbocycles. The number of hydrogen-bond acceptors (Lipinski definition) is 0. The van der Waals surface area contributed by atoms with Crippen molar-refractivity contribution in [3.8, 4) is 0 Å². The van der Waals surface area contributed by atoms with Crippen LogP contribution in [0.4, 0.5) is 0 Å². The summed E-state index contributed by atoms with van der Waals surface area (Å²) < 4.78 is 0. The van der Waals surface area contributed by atoms with Crippen LogP contribution in [0.3, 0.4) is 0 Å². The molecule has 0 radical (unpaired) electrons. The van der Waals surface area contributed by atoms with Crippen molar-refractivity contribution in [2.75, 3.05) is 0 Å². The third kappa shape index (κ3) is 2.80. The molecule has 1 aliphatic rings. The van der Waals surface area contributed by atoms with Gasteiger partial charge >= 0.3 is 0 Å². The van der Waals surface area contributed by atoms with Gasteiger partial charge in [-0.15, -0.1) is 0 Å². The van der Waals surface area contributed by atoms with Crippen LogP contribution >= 0.6 is 0 Å². The Morgan fingerprint density at radius 3 is 2.50 bits per heavy atom. The van der Waals surface area contributed by atoms with Gasteiger partial charge in [0.15, 0.2) is 0 Å². The quantitative estimate of drug-likeness (QED) is 0.588. The molecule has 0 aromatic heterocycles. The summed E-state index contributed by atoms with van der Waals surface area (Å²) in [6, 6.07) is 0. The molecule has 0 aromatic rings. The Morgan fingerprint density at radius 1 is 1.25 bits per heavy atom. The van der Waals surface area contributed by atoms with Gasteiger partial charge < -0.3 is 0 Å². The fourth-order valence-corrected chi connectivity index (χ4v) is 2.47. The van der Waals surface area contributed by atoms with Crippen LogP contribution in [0.15, 0.2) is 0 Å². The second-order valence-corrected chi connectivity index (χ2v) is 4.83. The summed E-state index contributed by atoms with van der Waals surface area (Å²) in [7, 11) is 0. The van der Waals surface area contributed by atoms with Gasteiger partial charge in [0.2, 0.25) is 0 Å². The molecule has 0 heteroatoms. The van der Waals surface area contributed by atoms with Crippen molar-refractivity contribution < 1.29 is 0 Å². The smallest absolute Gasteiger partial charge is 0.0388 e. The van der Waals surface area contributed by atoms with Gasteiger partial charge in [0.1, 0.15) is 0 Å². The largest absolute Gasteiger partial charge is 0.0654 e. The third-order valence-corrected chi connectivity index (χ3v) is 3.49. The molecule has 0 heterocycles. The zero-order valence-electron chi connectivity index (χ0n) is 8.97. The van der Waals surface area contributed by atoms with Gasteiger partial charge in [-0.2, -0.15) is 0 Å². The third-order valence-electron chi connectivity index (χ3n) is 3.49. The van der Waals surface area contributed by atoms with E-state index >= 15 is 0 Å². The first-order valence-electron chi connectivity index (χ1n) is 5.74. The Bertz CT molecular complexity index is 115. The highest BCUT2D eigenvalue weighted by Gasteiger charge is 2.25. The van der Waals surface area contributed by atoms with E-state index in [9.17, 15) is 0 Å². The molecule has 0 saturated heterocycles. The van der Waals surface area contributed by atoms with E-state index in [1.807, 2.05) is 0 Å². The molecule has 0 nitrogen and oxygen atoms in total. The molecule has 0 aromatic carbocycles. The van der Waals surface area contributed by atoms with Crippen molar-refractivity contribution in [1.82, 2.24) is 0 Å². The first-order chi connectivity index (χ1) is 5.74. The second-order valence-electron chi connectivity index (χ2n) is 4.83. The first kappa shape index (κ1) is 10.1. The SMILES string of the molecule is CCCCC1CCC(C(C)C)C1. The van der Waals surface area contributed by atoms with E-state index in [0.717, 1.165) is 17.8 Å². The van der Waals surface area contributed by atoms with E-state index in [1.54, 1.807) is 0 Å². The highest BCUT2D eigenvalue weighted by molar-refractivity contribution is 4.77. The average molecular weight is 168 g/mol. The molecular weight excluding hydrogens is 144 g/mol. The Balaban J connectivity index is 2.17. The van der Waals surface area contributed by atoms with Gasteiger partial charge in [-0.3, -0.25) is 0 Å². The molecule has 0 bridgehead atoms. The maximum atomic E-state index is 2.38.